The molecule has 1 fully saturated rings. The zero-order valence-electron chi connectivity index (χ0n) is 18.6. The number of amides is 3. The van der Waals surface area contributed by atoms with Gasteiger partial charge in [-0.05, 0) is 71.4 Å². The normalized spacial score (nSPS) is 14.4. The van der Waals surface area contributed by atoms with E-state index in [0.29, 0.717) is 32.6 Å². The molecule has 3 N–H and O–H groups in total. The molecule has 1 heterocycles. The number of thioether (sulfide) groups is 1. The summed E-state index contributed by atoms with van der Waals surface area (Å²) in [6, 6.07) is 13.4. The summed E-state index contributed by atoms with van der Waals surface area (Å²) in [7, 11) is 1.44. The zero-order chi connectivity index (χ0) is 26.0. The molecular weight excluding hydrogens is 527 g/mol. The average molecular weight is 545 g/mol. The van der Waals surface area contributed by atoms with E-state index in [2.05, 4.69) is 5.32 Å². The molecule has 11 heteroatoms. The fourth-order valence-corrected chi connectivity index (χ4v) is 4.54. The molecular formula is C25H18Cl2N2O6S. The molecule has 3 aromatic rings. The van der Waals surface area contributed by atoms with Gasteiger partial charge >= 0.3 is 0 Å². The standard InChI is InChI=1S/C25H18Cl2N2O6S/c1-35-21-7-3-13(9-18(21)28-23(32)15-4-6-19(30)20(31)11-15)10-22-24(33)29(25(34)36-22)12-14-2-5-16(26)17(27)8-14/h2-11,30-31H,12H2,1H3,(H,28,32)/b22-10+. The van der Waals surface area contributed by atoms with Crippen LogP contribution in [-0.2, 0) is 11.3 Å². The molecule has 0 radical (unpaired) electrons. The van der Waals surface area contributed by atoms with Crippen molar-refractivity contribution in [2.45, 2.75) is 6.54 Å². The molecule has 1 aliphatic rings. The number of methoxy groups -OCH3 is 1. The Bertz CT molecular complexity index is 1430. The van der Waals surface area contributed by atoms with Gasteiger partial charge in [-0.2, -0.15) is 0 Å². The molecule has 36 heavy (non-hydrogen) atoms. The number of aromatic hydroxyl groups is 2. The van der Waals surface area contributed by atoms with E-state index in [-0.39, 0.29) is 22.8 Å². The van der Waals surface area contributed by atoms with E-state index >= 15 is 0 Å². The summed E-state index contributed by atoms with van der Waals surface area (Å²) in [5, 5.41) is 22.1. The monoisotopic (exact) mass is 544 g/mol. The van der Waals surface area contributed by atoms with Crippen LogP contribution >= 0.6 is 35.0 Å². The third-order valence-corrected chi connectivity index (χ3v) is 6.85. The van der Waals surface area contributed by atoms with Crippen LogP contribution in [0.4, 0.5) is 10.5 Å². The Labute approximate surface area is 220 Å². The Morgan fingerprint density at radius 2 is 1.81 bits per heavy atom. The van der Waals surface area contributed by atoms with Gasteiger partial charge in [0.05, 0.1) is 34.3 Å². The van der Waals surface area contributed by atoms with Gasteiger partial charge in [0.25, 0.3) is 17.1 Å². The van der Waals surface area contributed by atoms with Gasteiger partial charge < -0.3 is 20.3 Å². The van der Waals surface area contributed by atoms with Crippen molar-refractivity contribution in [2.24, 2.45) is 0 Å². The Morgan fingerprint density at radius 3 is 2.50 bits per heavy atom. The Hall–Kier alpha value is -3.66. The second-order valence-corrected chi connectivity index (χ2v) is 9.44. The summed E-state index contributed by atoms with van der Waals surface area (Å²) >= 11 is 12.8. The van der Waals surface area contributed by atoms with Crippen LogP contribution in [0.5, 0.6) is 17.2 Å². The van der Waals surface area contributed by atoms with Crippen molar-refractivity contribution in [1.29, 1.82) is 0 Å². The second-order valence-electron chi connectivity index (χ2n) is 7.63. The maximum Gasteiger partial charge on any atom is 0.293 e. The lowest BCUT2D eigenvalue weighted by Gasteiger charge is -2.13. The summed E-state index contributed by atoms with van der Waals surface area (Å²) in [6.45, 7) is 0.0439. The lowest BCUT2D eigenvalue weighted by atomic mass is 10.1. The first-order valence-corrected chi connectivity index (χ1v) is 11.9. The number of nitrogens with zero attached hydrogens (tertiary/aromatic N) is 1. The molecule has 184 valence electrons. The number of halogens is 2. The number of phenolic OH excluding ortho intramolecular Hbond substituents is 2. The van der Waals surface area contributed by atoms with E-state index in [1.165, 1.54) is 19.2 Å². The largest absolute Gasteiger partial charge is 0.504 e. The topological polar surface area (TPSA) is 116 Å². The maximum atomic E-state index is 12.9. The fourth-order valence-electron chi connectivity index (χ4n) is 3.38. The van der Waals surface area contributed by atoms with Crippen LogP contribution in [0, 0.1) is 0 Å². The lowest BCUT2D eigenvalue weighted by molar-refractivity contribution is -0.123. The van der Waals surface area contributed by atoms with Crippen LogP contribution in [0.2, 0.25) is 10.0 Å². The molecule has 0 bridgehead atoms. The highest BCUT2D eigenvalue weighted by atomic mass is 35.5. The zero-order valence-corrected chi connectivity index (χ0v) is 20.9. The van der Waals surface area contributed by atoms with Crippen molar-refractivity contribution < 1.29 is 29.3 Å². The number of carbonyl (C=O) groups is 3. The number of hydrogen-bond donors (Lipinski definition) is 3. The minimum Gasteiger partial charge on any atom is -0.504 e. The smallest absolute Gasteiger partial charge is 0.293 e. The lowest BCUT2D eigenvalue weighted by Crippen LogP contribution is -2.27. The highest BCUT2D eigenvalue weighted by molar-refractivity contribution is 8.18. The van der Waals surface area contributed by atoms with E-state index in [4.69, 9.17) is 27.9 Å². The maximum absolute atomic E-state index is 12.9. The predicted molar refractivity (Wildman–Crippen MR) is 139 cm³/mol. The third kappa shape index (κ3) is 5.43. The van der Waals surface area contributed by atoms with Gasteiger partial charge in [-0.25, -0.2) is 0 Å². The van der Waals surface area contributed by atoms with Gasteiger partial charge in [0.2, 0.25) is 0 Å². The van der Waals surface area contributed by atoms with E-state index in [1.807, 2.05) is 0 Å². The molecule has 0 unspecified atom stereocenters. The van der Waals surface area contributed by atoms with Gasteiger partial charge in [-0.3, -0.25) is 19.3 Å². The summed E-state index contributed by atoms with van der Waals surface area (Å²) in [5.74, 6) is -1.44. The van der Waals surface area contributed by atoms with Gasteiger partial charge in [-0.15, -0.1) is 0 Å². The first kappa shape index (κ1) is 25.4. The quantitative estimate of drug-likeness (QED) is 0.261. The van der Waals surface area contributed by atoms with Gasteiger partial charge in [0.15, 0.2) is 11.5 Å². The first-order valence-electron chi connectivity index (χ1n) is 10.4. The Morgan fingerprint density at radius 1 is 1.03 bits per heavy atom. The van der Waals surface area contributed by atoms with Crippen LogP contribution in [-0.4, -0.2) is 39.3 Å². The number of nitrogens with one attached hydrogen (secondary N) is 1. The number of carbonyl (C=O) groups excluding carboxylic acids is 3. The van der Waals surface area contributed by atoms with Gasteiger partial charge in [-0.1, -0.05) is 35.3 Å². The summed E-state index contributed by atoms with van der Waals surface area (Å²) in [4.78, 5) is 39.4. The molecule has 0 aliphatic carbocycles. The number of hydrogen-bond acceptors (Lipinski definition) is 7. The van der Waals surface area contributed by atoms with Gasteiger partial charge in [0, 0.05) is 5.56 Å². The van der Waals surface area contributed by atoms with Gasteiger partial charge in [0.1, 0.15) is 5.75 Å². The molecule has 1 aliphatic heterocycles. The van der Waals surface area contributed by atoms with E-state index in [9.17, 15) is 24.6 Å². The van der Waals surface area contributed by atoms with Crippen molar-refractivity contribution >= 4 is 63.8 Å². The van der Waals surface area contributed by atoms with Crippen molar-refractivity contribution in [3.63, 3.8) is 0 Å². The molecule has 0 atom stereocenters. The number of ether oxygens (including phenoxy) is 1. The van der Waals surface area contributed by atoms with Crippen LogP contribution < -0.4 is 10.1 Å². The molecule has 0 spiro atoms. The molecule has 4 rings (SSSR count). The highest BCUT2D eigenvalue weighted by Crippen LogP contribution is 2.35. The average Bonchev–Trinajstić information content (AvgIpc) is 3.10. The fraction of sp³-hybridized carbons (Fsp3) is 0.0800. The minimum absolute atomic E-state index is 0.0439. The van der Waals surface area contributed by atoms with E-state index in [0.717, 1.165) is 22.7 Å². The molecule has 3 amide bonds. The van der Waals surface area contributed by atoms with Crippen LogP contribution in [0.15, 0.2) is 59.5 Å². The van der Waals surface area contributed by atoms with Crippen LogP contribution in [0.3, 0.4) is 0 Å². The first-order chi connectivity index (χ1) is 17.2. The van der Waals surface area contributed by atoms with Crippen molar-refractivity contribution in [3.8, 4) is 17.2 Å². The Kier molecular flexibility index (Phi) is 7.44. The number of anilines is 1. The van der Waals surface area contributed by atoms with Crippen molar-refractivity contribution in [1.82, 2.24) is 4.90 Å². The van der Waals surface area contributed by atoms with Crippen LogP contribution in [0.25, 0.3) is 6.08 Å². The molecule has 0 aromatic heterocycles. The summed E-state index contributed by atoms with van der Waals surface area (Å²) < 4.78 is 5.31. The number of imide groups is 1. The number of benzene rings is 3. The molecule has 3 aromatic carbocycles. The SMILES string of the molecule is COc1ccc(/C=C2/SC(=O)N(Cc3ccc(Cl)c(Cl)c3)C2=O)cc1NC(=O)c1ccc(O)c(O)c1. The summed E-state index contributed by atoms with van der Waals surface area (Å²) in [5.41, 5.74) is 1.61. The van der Waals surface area contributed by atoms with E-state index in [1.54, 1.807) is 42.5 Å². The predicted octanol–water partition coefficient (Wildman–Crippen LogP) is 5.90. The highest BCUT2D eigenvalue weighted by Gasteiger charge is 2.35. The second kappa shape index (κ2) is 10.5. The van der Waals surface area contributed by atoms with Crippen LogP contribution in [0.1, 0.15) is 21.5 Å². The van der Waals surface area contributed by atoms with Crippen molar-refractivity contribution in [2.75, 3.05) is 12.4 Å². The minimum atomic E-state index is -0.553. The van der Waals surface area contributed by atoms with Crippen molar-refractivity contribution in [3.05, 3.63) is 86.2 Å². The van der Waals surface area contributed by atoms with E-state index < -0.39 is 22.8 Å². The molecule has 1 saturated heterocycles. The molecule has 8 nitrogen and oxygen atoms in total. The summed E-state index contributed by atoms with van der Waals surface area (Å²) in [6.07, 6.45) is 1.54. The third-order valence-electron chi connectivity index (χ3n) is 5.21. The Balaban J connectivity index is 1.56. The number of phenols is 2. The molecule has 0 saturated carbocycles. The number of rotatable bonds is 6.